The third-order valence-electron chi connectivity index (χ3n) is 2.23. The van der Waals surface area contributed by atoms with Gasteiger partial charge in [-0.2, -0.15) is 0 Å². The van der Waals surface area contributed by atoms with Gasteiger partial charge in [-0.1, -0.05) is 0 Å². The number of hydrogen-bond donors (Lipinski definition) is 0. The molecule has 0 atom stereocenters. The van der Waals surface area contributed by atoms with E-state index >= 15 is 0 Å². The predicted octanol–water partition coefficient (Wildman–Crippen LogP) is 3.92. The zero-order chi connectivity index (χ0) is 10.1. The van der Waals surface area contributed by atoms with Gasteiger partial charge in [-0.05, 0) is 37.1 Å². The number of hydrogen-bond acceptors (Lipinski definition) is 1. The Kier molecular flexibility index (Phi) is 2.23. The van der Waals surface area contributed by atoms with Gasteiger partial charge >= 0.3 is 0 Å². The Hall–Kier alpha value is -1.38. The van der Waals surface area contributed by atoms with Gasteiger partial charge in [0.25, 0.3) is 0 Å². The molecule has 74 valence electrons. The van der Waals surface area contributed by atoms with Gasteiger partial charge in [-0.25, -0.2) is 8.78 Å². The Morgan fingerprint density at radius 1 is 1.21 bits per heavy atom. The number of aryl methyl sites for hydroxylation is 1. The van der Waals surface area contributed by atoms with Gasteiger partial charge in [0.15, 0.2) is 5.83 Å². The number of allylic oxidation sites excluding steroid dienone is 4. The predicted molar refractivity (Wildman–Crippen MR) is 49.9 cm³/mol. The van der Waals surface area contributed by atoms with Crippen molar-refractivity contribution in [2.75, 3.05) is 0 Å². The molecule has 0 unspecified atom stereocenters. The van der Waals surface area contributed by atoms with Crippen molar-refractivity contribution in [2.24, 2.45) is 0 Å². The van der Waals surface area contributed by atoms with E-state index in [1.807, 2.05) is 13.0 Å². The molecule has 1 nitrogen and oxygen atoms in total. The molecule has 2 rings (SSSR count). The van der Waals surface area contributed by atoms with Gasteiger partial charge in [0.2, 0.25) is 0 Å². The van der Waals surface area contributed by atoms with Crippen molar-refractivity contribution in [2.45, 2.75) is 19.8 Å². The van der Waals surface area contributed by atoms with E-state index in [9.17, 15) is 8.78 Å². The SMILES string of the molecule is Cc1ccc(C2=CC(F)=C(F)CC2)o1. The smallest absolute Gasteiger partial charge is 0.155 e. The highest BCUT2D eigenvalue weighted by molar-refractivity contribution is 5.65. The largest absolute Gasteiger partial charge is 0.462 e. The Morgan fingerprint density at radius 2 is 2.00 bits per heavy atom. The zero-order valence-corrected chi connectivity index (χ0v) is 7.81. The van der Waals surface area contributed by atoms with E-state index in [-0.39, 0.29) is 6.42 Å². The van der Waals surface area contributed by atoms with E-state index in [1.165, 1.54) is 6.08 Å². The Morgan fingerprint density at radius 3 is 2.57 bits per heavy atom. The first kappa shape index (κ1) is 9.19. The van der Waals surface area contributed by atoms with Crippen molar-refractivity contribution in [1.82, 2.24) is 0 Å². The lowest BCUT2D eigenvalue weighted by Gasteiger charge is -2.08. The molecule has 0 saturated heterocycles. The molecule has 0 radical (unpaired) electrons. The topological polar surface area (TPSA) is 13.1 Å². The monoisotopic (exact) mass is 196 g/mol. The van der Waals surface area contributed by atoms with Gasteiger partial charge in [0.1, 0.15) is 17.3 Å². The molecule has 1 aromatic heterocycles. The van der Waals surface area contributed by atoms with Crippen molar-refractivity contribution in [3.63, 3.8) is 0 Å². The lowest BCUT2D eigenvalue weighted by molar-refractivity contribution is 0.501. The van der Waals surface area contributed by atoms with E-state index in [4.69, 9.17) is 4.42 Å². The minimum atomic E-state index is -0.777. The van der Waals surface area contributed by atoms with E-state index in [2.05, 4.69) is 0 Å². The number of rotatable bonds is 1. The van der Waals surface area contributed by atoms with Crippen LogP contribution in [-0.4, -0.2) is 0 Å². The molecule has 1 heterocycles. The van der Waals surface area contributed by atoms with Crippen molar-refractivity contribution < 1.29 is 13.2 Å². The summed E-state index contributed by atoms with van der Waals surface area (Å²) in [6, 6.07) is 3.58. The van der Waals surface area contributed by atoms with Gasteiger partial charge in [-0.3, -0.25) is 0 Å². The molecule has 14 heavy (non-hydrogen) atoms. The summed E-state index contributed by atoms with van der Waals surface area (Å²) in [5.74, 6) is -0.0428. The van der Waals surface area contributed by atoms with Crippen LogP contribution in [0.4, 0.5) is 8.78 Å². The molecule has 3 heteroatoms. The van der Waals surface area contributed by atoms with Crippen LogP contribution in [0.5, 0.6) is 0 Å². The van der Waals surface area contributed by atoms with E-state index in [0.717, 1.165) is 11.3 Å². The third kappa shape index (κ3) is 1.62. The first-order valence-corrected chi connectivity index (χ1v) is 4.48. The molecule has 0 N–H and O–H groups in total. The van der Waals surface area contributed by atoms with Crippen LogP contribution < -0.4 is 0 Å². The second-order valence-electron chi connectivity index (χ2n) is 3.33. The van der Waals surface area contributed by atoms with Gasteiger partial charge in [0.05, 0.1) is 0 Å². The summed E-state index contributed by atoms with van der Waals surface area (Å²) >= 11 is 0. The van der Waals surface area contributed by atoms with Crippen LogP contribution in [0, 0.1) is 6.92 Å². The van der Waals surface area contributed by atoms with Gasteiger partial charge in [-0.15, -0.1) is 0 Å². The van der Waals surface area contributed by atoms with Crippen LogP contribution in [0.3, 0.4) is 0 Å². The molecule has 1 aliphatic carbocycles. The van der Waals surface area contributed by atoms with Crippen LogP contribution in [0.1, 0.15) is 24.4 Å². The van der Waals surface area contributed by atoms with E-state index in [0.29, 0.717) is 12.2 Å². The Labute approximate surface area is 80.7 Å². The first-order valence-electron chi connectivity index (χ1n) is 4.48. The molecule has 0 spiro atoms. The second-order valence-corrected chi connectivity index (χ2v) is 3.33. The van der Waals surface area contributed by atoms with Crippen LogP contribution in [0.15, 0.2) is 34.3 Å². The summed E-state index contributed by atoms with van der Waals surface area (Å²) in [7, 11) is 0. The maximum atomic E-state index is 12.9. The summed E-state index contributed by atoms with van der Waals surface area (Å²) in [6.45, 7) is 1.82. The summed E-state index contributed by atoms with van der Waals surface area (Å²) < 4.78 is 30.9. The highest BCUT2D eigenvalue weighted by Crippen LogP contribution is 2.32. The van der Waals surface area contributed by atoms with Crippen molar-refractivity contribution in [3.05, 3.63) is 41.4 Å². The Bertz CT molecular complexity index is 413. The lowest BCUT2D eigenvalue weighted by Crippen LogP contribution is -1.92. The minimum Gasteiger partial charge on any atom is -0.462 e. The number of furan rings is 1. The van der Waals surface area contributed by atoms with Crippen LogP contribution in [0.25, 0.3) is 5.57 Å². The minimum absolute atomic E-state index is 0.122. The summed E-state index contributed by atoms with van der Waals surface area (Å²) in [5.41, 5.74) is 0.719. The summed E-state index contributed by atoms with van der Waals surface area (Å²) in [5, 5.41) is 0. The summed E-state index contributed by atoms with van der Waals surface area (Å²) in [6.07, 6.45) is 1.82. The van der Waals surface area contributed by atoms with Crippen LogP contribution in [0.2, 0.25) is 0 Å². The van der Waals surface area contributed by atoms with Crippen molar-refractivity contribution >= 4 is 5.57 Å². The van der Waals surface area contributed by atoms with Gasteiger partial charge in [0, 0.05) is 6.42 Å². The molecule has 1 aliphatic rings. The molecule has 0 fully saturated rings. The zero-order valence-electron chi connectivity index (χ0n) is 7.81. The molecule has 0 bridgehead atoms. The molecular formula is C11H10F2O. The molecule has 0 amide bonds. The Balaban J connectivity index is 2.33. The fourth-order valence-electron chi connectivity index (χ4n) is 1.47. The van der Waals surface area contributed by atoms with Gasteiger partial charge < -0.3 is 4.42 Å². The third-order valence-corrected chi connectivity index (χ3v) is 2.23. The molecule has 1 aromatic rings. The van der Waals surface area contributed by atoms with Crippen molar-refractivity contribution in [1.29, 1.82) is 0 Å². The van der Waals surface area contributed by atoms with Crippen LogP contribution >= 0.6 is 0 Å². The fourth-order valence-corrected chi connectivity index (χ4v) is 1.47. The lowest BCUT2D eigenvalue weighted by atomic mass is 10.0. The number of halogens is 2. The van der Waals surface area contributed by atoms with Crippen molar-refractivity contribution in [3.8, 4) is 0 Å². The van der Waals surface area contributed by atoms with E-state index < -0.39 is 11.7 Å². The standard InChI is InChI=1S/C11H10F2O/c1-7-2-5-11(14-7)8-3-4-9(12)10(13)6-8/h2,5-6H,3-4H2,1H3. The molecular weight excluding hydrogens is 186 g/mol. The maximum absolute atomic E-state index is 12.9. The van der Waals surface area contributed by atoms with Crippen LogP contribution in [-0.2, 0) is 0 Å². The average molecular weight is 196 g/mol. The first-order chi connectivity index (χ1) is 6.66. The highest BCUT2D eigenvalue weighted by atomic mass is 19.2. The second kappa shape index (κ2) is 3.40. The normalized spacial score (nSPS) is 17.2. The quantitative estimate of drug-likeness (QED) is 0.663. The molecule has 0 saturated carbocycles. The molecule has 0 aliphatic heterocycles. The summed E-state index contributed by atoms with van der Waals surface area (Å²) in [4.78, 5) is 0. The highest BCUT2D eigenvalue weighted by Gasteiger charge is 2.16. The average Bonchev–Trinajstić information content (AvgIpc) is 2.57. The molecule has 0 aromatic carbocycles. The van der Waals surface area contributed by atoms with E-state index in [1.54, 1.807) is 6.07 Å². The fraction of sp³-hybridized carbons (Fsp3) is 0.273. The maximum Gasteiger partial charge on any atom is 0.155 e.